The number of rotatable bonds is 3. The summed E-state index contributed by atoms with van der Waals surface area (Å²) >= 11 is 17.9. The van der Waals surface area contributed by atoms with Crippen LogP contribution in [0.4, 0.5) is 5.95 Å². The zero-order valence-corrected chi connectivity index (χ0v) is 16.4. The molecule has 1 aliphatic rings. The van der Waals surface area contributed by atoms with Crippen molar-refractivity contribution in [3.05, 3.63) is 51.1 Å². The highest BCUT2D eigenvalue weighted by atomic mass is 35.5. The standard InChI is InChI=1S/C18H16Cl3N5O/c19-11-6-10(7-12(20)8-11)17(27)22-13-2-1-5-26(9-13)18-23-14-3-4-15(21)24-16(14)25-18/h3-4,6-8,13H,1-2,5,9H2,(H,22,27)(H,23,24,25)/t13-/m0/s1. The topological polar surface area (TPSA) is 73.9 Å². The number of carbonyl (C=O) groups excluding carboxylic acids is 1. The van der Waals surface area contributed by atoms with Crippen LogP contribution in [0.5, 0.6) is 0 Å². The quantitative estimate of drug-likeness (QED) is 0.614. The van der Waals surface area contributed by atoms with E-state index in [1.54, 1.807) is 24.3 Å². The molecule has 0 bridgehead atoms. The Labute approximate surface area is 170 Å². The minimum absolute atomic E-state index is 0.00577. The van der Waals surface area contributed by atoms with E-state index in [1.165, 1.54) is 0 Å². The fraction of sp³-hybridized carbons (Fsp3) is 0.278. The predicted molar refractivity (Wildman–Crippen MR) is 108 cm³/mol. The average molecular weight is 425 g/mol. The number of pyridine rings is 1. The second-order valence-electron chi connectivity index (χ2n) is 6.48. The van der Waals surface area contributed by atoms with E-state index in [0.29, 0.717) is 33.0 Å². The molecule has 4 rings (SSSR count). The normalized spacial score (nSPS) is 17.3. The molecule has 2 aromatic heterocycles. The van der Waals surface area contributed by atoms with Crippen LogP contribution in [-0.4, -0.2) is 40.0 Å². The van der Waals surface area contributed by atoms with Gasteiger partial charge in [0.2, 0.25) is 5.95 Å². The second kappa shape index (κ2) is 7.54. The fourth-order valence-corrected chi connectivity index (χ4v) is 3.92. The number of carbonyl (C=O) groups is 1. The van der Waals surface area contributed by atoms with Crippen molar-refractivity contribution < 1.29 is 4.79 Å². The maximum Gasteiger partial charge on any atom is 0.251 e. The molecule has 1 saturated heterocycles. The Hall–Kier alpha value is -2.02. The molecule has 1 atom stereocenters. The molecule has 27 heavy (non-hydrogen) atoms. The number of H-pyrrole nitrogens is 1. The first-order valence-corrected chi connectivity index (χ1v) is 9.65. The summed E-state index contributed by atoms with van der Waals surface area (Å²) < 4.78 is 0. The van der Waals surface area contributed by atoms with Crippen molar-refractivity contribution in [2.75, 3.05) is 18.0 Å². The molecular weight excluding hydrogens is 409 g/mol. The van der Waals surface area contributed by atoms with Gasteiger partial charge < -0.3 is 15.2 Å². The van der Waals surface area contributed by atoms with E-state index in [1.807, 2.05) is 6.07 Å². The highest BCUT2D eigenvalue weighted by Crippen LogP contribution is 2.22. The lowest BCUT2D eigenvalue weighted by Gasteiger charge is -2.32. The lowest BCUT2D eigenvalue weighted by Crippen LogP contribution is -2.48. The Morgan fingerprint density at radius 1 is 1.15 bits per heavy atom. The third kappa shape index (κ3) is 4.13. The number of fused-ring (bicyclic) bond motifs is 1. The highest BCUT2D eigenvalue weighted by Gasteiger charge is 2.24. The number of aromatic amines is 1. The number of benzene rings is 1. The van der Waals surface area contributed by atoms with Gasteiger partial charge in [-0.25, -0.2) is 4.98 Å². The summed E-state index contributed by atoms with van der Waals surface area (Å²) in [6, 6.07) is 8.39. The number of amides is 1. The molecule has 140 valence electrons. The molecule has 0 radical (unpaired) electrons. The van der Waals surface area contributed by atoms with Crippen LogP contribution in [0.25, 0.3) is 11.2 Å². The van der Waals surface area contributed by atoms with Crippen molar-refractivity contribution in [1.82, 2.24) is 20.3 Å². The molecule has 9 heteroatoms. The molecule has 3 aromatic rings. The Morgan fingerprint density at radius 3 is 2.70 bits per heavy atom. The number of imidazole rings is 1. The van der Waals surface area contributed by atoms with Gasteiger partial charge >= 0.3 is 0 Å². The summed E-state index contributed by atoms with van der Waals surface area (Å²) in [5.74, 6) is 0.536. The third-order valence-electron chi connectivity index (χ3n) is 4.48. The van der Waals surface area contributed by atoms with E-state index in [2.05, 4.69) is 25.2 Å². The Balaban J connectivity index is 1.48. The monoisotopic (exact) mass is 423 g/mol. The summed E-state index contributed by atoms with van der Waals surface area (Å²) in [7, 11) is 0. The van der Waals surface area contributed by atoms with Crippen LogP contribution in [0, 0.1) is 0 Å². The average Bonchev–Trinajstić information content (AvgIpc) is 3.04. The molecule has 1 fully saturated rings. The van der Waals surface area contributed by atoms with Crippen molar-refractivity contribution in [3.63, 3.8) is 0 Å². The minimum atomic E-state index is -0.190. The second-order valence-corrected chi connectivity index (χ2v) is 7.74. The van der Waals surface area contributed by atoms with Gasteiger partial charge in [0.15, 0.2) is 5.65 Å². The lowest BCUT2D eigenvalue weighted by molar-refractivity contribution is 0.0933. The summed E-state index contributed by atoms with van der Waals surface area (Å²) in [6.45, 7) is 1.50. The summed E-state index contributed by atoms with van der Waals surface area (Å²) in [6.07, 6.45) is 1.83. The number of hydrogen-bond donors (Lipinski definition) is 2. The van der Waals surface area contributed by atoms with Crippen LogP contribution in [0.15, 0.2) is 30.3 Å². The van der Waals surface area contributed by atoms with Gasteiger partial charge in [0.05, 0.1) is 5.52 Å². The first-order chi connectivity index (χ1) is 13.0. The van der Waals surface area contributed by atoms with E-state index in [4.69, 9.17) is 34.8 Å². The van der Waals surface area contributed by atoms with Crippen molar-refractivity contribution in [3.8, 4) is 0 Å². The van der Waals surface area contributed by atoms with Gasteiger partial charge in [0.1, 0.15) is 5.15 Å². The first kappa shape index (κ1) is 18.3. The van der Waals surface area contributed by atoms with Crippen LogP contribution in [0.1, 0.15) is 23.2 Å². The number of piperidine rings is 1. The van der Waals surface area contributed by atoms with Gasteiger partial charge in [-0.15, -0.1) is 0 Å². The lowest BCUT2D eigenvalue weighted by atomic mass is 10.1. The van der Waals surface area contributed by atoms with Crippen molar-refractivity contribution in [2.24, 2.45) is 0 Å². The summed E-state index contributed by atoms with van der Waals surface area (Å²) in [5, 5.41) is 4.34. The van der Waals surface area contributed by atoms with Gasteiger partial charge in [0, 0.05) is 34.7 Å². The smallest absolute Gasteiger partial charge is 0.251 e. The van der Waals surface area contributed by atoms with Crippen LogP contribution >= 0.6 is 34.8 Å². The van der Waals surface area contributed by atoms with Crippen LogP contribution in [0.3, 0.4) is 0 Å². The number of nitrogens with zero attached hydrogens (tertiary/aromatic N) is 3. The van der Waals surface area contributed by atoms with Gasteiger partial charge in [-0.05, 0) is 43.2 Å². The first-order valence-electron chi connectivity index (χ1n) is 8.52. The Bertz CT molecular complexity index is 986. The number of aromatic nitrogens is 3. The van der Waals surface area contributed by atoms with Crippen molar-refractivity contribution in [1.29, 1.82) is 0 Å². The van der Waals surface area contributed by atoms with Gasteiger partial charge in [-0.3, -0.25) is 4.79 Å². The van der Waals surface area contributed by atoms with Gasteiger partial charge in [0.25, 0.3) is 5.91 Å². The summed E-state index contributed by atoms with van der Waals surface area (Å²) in [4.78, 5) is 26.6. The molecule has 1 amide bonds. The zero-order valence-electron chi connectivity index (χ0n) is 14.2. The number of hydrogen-bond acceptors (Lipinski definition) is 4. The fourth-order valence-electron chi connectivity index (χ4n) is 3.25. The molecule has 1 aromatic carbocycles. The maximum absolute atomic E-state index is 12.5. The molecule has 1 aliphatic heterocycles. The van der Waals surface area contributed by atoms with Crippen LogP contribution in [0.2, 0.25) is 15.2 Å². The van der Waals surface area contributed by atoms with Crippen molar-refractivity contribution >= 4 is 57.8 Å². The minimum Gasteiger partial charge on any atom is -0.348 e. The molecule has 0 saturated carbocycles. The molecule has 0 unspecified atom stereocenters. The molecule has 6 nitrogen and oxygen atoms in total. The molecule has 3 heterocycles. The maximum atomic E-state index is 12.5. The molecule has 0 aliphatic carbocycles. The summed E-state index contributed by atoms with van der Waals surface area (Å²) in [5.41, 5.74) is 1.86. The highest BCUT2D eigenvalue weighted by molar-refractivity contribution is 6.35. The molecule has 0 spiro atoms. The van der Waals surface area contributed by atoms with Crippen molar-refractivity contribution in [2.45, 2.75) is 18.9 Å². The predicted octanol–water partition coefficient (Wildman–Crippen LogP) is 4.32. The van der Waals surface area contributed by atoms with E-state index in [9.17, 15) is 4.79 Å². The SMILES string of the molecule is O=C(N[C@H]1CCCN(c2nc3nc(Cl)ccc3[nH]2)C1)c1cc(Cl)cc(Cl)c1. The molecular formula is C18H16Cl3N5O. The van der Waals surface area contributed by atoms with Gasteiger partial charge in [-0.1, -0.05) is 34.8 Å². The number of halogens is 3. The largest absolute Gasteiger partial charge is 0.348 e. The number of nitrogens with one attached hydrogen (secondary N) is 2. The third-order valence-corrected chi connectivity index (χ3v) is 5.13. The van der Waals surface area contributed by atoms with E-state index in [0.717, 1.165) is 30.9 Å². The van der Waals surface area contributed by atoms with Crippen LogP contribution < -0.4 is 10.2 Å². The van der Waals surface area contributed by atoms with E-state index in [-0.39, 0.29) is 11.9 Å². The van der Waals surface area contributed by atoms with Gasteiger partial charge in [-0.2, -0.15) is 4.98 Å². The number of anilines is 1. The molecule has 2 N–H and O–H groups in total. The van der Waals surface area contributed by atoms with E-state index >= 15 is 0 Å². The zero-order chi connectivity index (χ0) is 19.0. The van der Waals surface area contributed by atoms with E-state index < -0.39 is 0 Å². The Kier molecular flexibility index (Phi) is 5.12. The Morgan fingerprint density at radius 2 is 1.93 bits per heavy atom. The van der Waals surface area contributed by atoms with Crippen LogP contribution in [-0.2, 0) is 0 Å².